The molecule has 1 aromatic rings. The van der Waals surface area contributed by atoms with E-state index < -0.39 is 17.7 Å². The van der Waals surface area contributed by atoms with Gasteiger partial charge in [-0.2, -0.15) is 13.2 Å². The number of aryl methyl sites for hydroxylation is 1. The zero-order valence-corrected chi connectivity index (χ0v) is 12.0. The normalized spacial score (nSPS) is 11.4. The summed E-state index contributed by atoms with van der Waals surface area (Å²) in [7, 11) is 0. The Morgan fingerprint density at radius 2 is 2.05 bits per heavy atom. The Balaban J connectivity index is 3.12. The Morgan fingerprint density at radius 1 is 1.37 bits per heavy atom. The molecule has 0 spiro atoms. The maximum Gasteiger partial charge on any atom is 0.416 e. The molecule has 0 N–H and O–H groups in total. The van der Waals surface area contributed by atoms with Crippen molar-refractivity contribution in [2.24, 2.45) is 0 Å². The molecule has 0 aliphatic carbocycles. The predicted molar refractivity (Wildman–Crippen MR) is 69.5 cm³/mol. The van der Waals surface area contributed by atoms with Gasteiger partial charge in [-0.25, -0.2) is 4.79 Å². The van der Waals surface area contributed by atoms with E-state index in [1.54, 1.807) is 6.92 Å². The number of halogens is 4. The van der Waals surface area contributed by atoms with Gasteiger partial charge >= 0.3 is 12.1 Å². The molecule has 0 saturated heterocycles. The molecular formula is C13H14BrF3O2. The van der Waals surface area contributed by atoms with E-state index in [1.807, 2.05) is 0 Å². The first-order valence-corrected chi connectivity index (χ1v) is 6.95. The average Bonchev–Trinajstić information content (AvgIpc) is 2.35. The van der Waals surface area contributed by atoms with Crippen molar-refractivity contribution in [3.63, 3.8) is 0 Å². The third kappa shape index (κ3) is 4.53. The van der Waals surface area contributed by atoms with Crippen LogP contribution in [0.4, 0.5) is 13.2 Å². The molecule has 0 aliphatic heterocycles. The highest BCUT2D eigenvalue weighted by molar-refractivity contribution is 9.09. The monoisotopic (exact) mass is 338 g/mol. The summed E-state index contributed by atoms with van der Waals surface area (Å²) in [5, 5.41) is 0.658. The number of alkyl halides is 4. The summed E-state index contributed by atoms with van der Waals surface area (Å²) in [5.41, 5.74) is -0.173. The van der Waals surface area contributed by atoms with Gasteiger partial charge in [-0.05, 0) is 43.5 Å². The fourth-order valence-electron chi connectivity index (χ4n) is 1.64. The van der Waals surface area contributed by atoms with Crippen molar-refractivity contribution in [2.45, 2.75) is 25.9 Å². The first kappa shape index (κ1) is 16.0. The van der Waals surface area contributed by atoms with Gasteiger partial charge in [0.1, 0.15) is 0 Å². The quantitative estimate of drug-likeness (QED) is 0.593. The van der Waals surface area contributed by atoms with Crippen molar-refractivity contribution < 1.29 is 22.7 Å². The van der Waals surface area contributed by atoms with Gasteiger partial charge in [0, 0.05) is 5.33 Å². The van der Waals surface area contributed by atoms with Crippen LogP contribution in [0, 0.1) is 0 Å². The molecule has 0 bridgehead atoms. The Hall–Kier alpha value is -1.04. The Morgan fingerprint density at radius 3 is 2.58 bits per heavy atom. The number of esters is 1. The van der Waals surface area contributed by atoms with E-state index in [-0.39, 0.29) is 12.2 Å². The molecule has 0 aliphatic rings. The average molecular weight is 339 g/mol. The van der Waals surface area contributed by atoms with Crippen molar-refractivity contribution in [3.8, 4) is 0 Å². The first-order valence-electron chi connectivity index (χ1n) is 5.83. The van der Waals surface area contributed by atoms with Gasteiger partial charge < -0.3 is 4.74 Å². The number of hydrogen-bond donors (Lipinski definition) is 0. The number of carbonyl (C=O) groups is 1. The van der Waals surface area contributed by atoms with E-state index in [2.05, 4.69) is 15.9 Å². The largest absolute Gasteiger partial charge is 0.462 e. The molecule has 106 valence electrons. The van der Waals surface area contributed by atoms with Crippen LogP contribution in [0.2, 0.25) is 0 Å². The van der Waals surface area contributed by atoms with Crippen LogP contribution >= 0.6 is 15.9 Å². The zero-order chi connectivity index (χ0) is 14.5. The maximum atomic E-state index is 12.6. The van der Waals surface area contributed by atoms with Gasteiger partial charge in [0.05, 0.1) is 17.7 Å². The van der Waals surface area contributed by atoms with E-state index in [0.717, 1.165) is 12.1 Å². The molecule has 0 radical (unpaired) electrons. The lowest BCUT2D eigenvalue weighted by Gasteiger charge is -2.12. The minimum Gasteiger partial charge on any atom is -0.462 e. The second-order valence-corrected chi connectivity index (χ2v) is 4.68. The second-order valence-electron chi connectivity index (χ2n) is 3.88. The Kier molecular flexibility index (Phi) is 5.85. The van der Waals surface area contributed by atoms with Crippen LogP contribution < -0.4 is 0 Å². The lowest BCUT2D eigenvalue weighted by molar-refractivity contribution is -0.137. The van der Waals surface area contributed by atoms with Crippen LogP contribution in [0.25, 0.3) is 0 Å². The van der Waals surface area contributed by atoms with Crippen LogP contribution in [0.1, 0.15) is 34.8 Å². The van der Waals surface area contributed by atoms with Gasteiger partial charge in [0.15, 0.2) is 0 Å². The van der Waals surface area contributed by atoms with Gasteiger partial charge in [-0.1, -0.05) is 15.9 Å². The number of ether oxygens (including phenoxy) is 1. The molecule has 19 heavy (non-hydrogen) atoms. The summed E-state index contributed by atoms with van der Waals surface area (Å²) in [6.45, 7) is 1.85. The fraction of sp³-hybridized carbons (Fsp3) is 0.462. The summed E-state index contributed by atoms with van der Waals surface area (Å²) >= 11 is 3.22. The van der Waals surface area contributed by atoms with Gasteiger partial charge in [-0.3, -0.25) is 0 Å². The van der Waals surface area contributed by atoms with Crippen molar-refractivity contribution in [1.29, 1.82) is 0 Å². The molecule has 0 saturated carbocycles. The van der Waals surface area contributed by atoms with Crippen molar-refractivity contribution in [2.75, 3.05) is 11.9 Å². The van der Waals surface area contributed by atoms with Crippen LogP contribution in [0.15, 0.2) is 18.2 Å². The van der Waals surface area contributed by atoms with Crippen LogP contribution in [-0.4, -0.2) is 17.9 Å². The fourth-order valence-corrected chi connectivity index (χ4v) is 1.92. The molecule has 0 unspecified atom stereocenters. The summed E-state index contributed by atoms with van der Waals surface area (Å²) in [5.74, 6) is -0.583. The molecular weight excluding hydrogens is 325 g/mol. The highest BCUT2D eigenvalue weighted by atomic mass is 79.9. The second kappa shape index (κ2) is 6.93. The van der Waals surface area contributed by atoms with Crippen LogP contribution in [-0.2, 0) is 17.3 Å². The number of rotatable bonds is 5. The van der Waals surface area contributed by atoms with Gasteiger partial charge in [-0.15, -0.1) is 0 Å². The zero-order valence-electron chi connectivity index (χ0n) is 10.4. The third-order valence-corrected chi connectivity index (χ3v) is 3.07. The molecule has 2 nitrogen and oxygen atoms in total. The van der Waals surface area contributed by atoms with Crippen LogP contribution in [0.3, 0.4) is 0 Å². The van der Waals surface area contributed by atoms with E-state index in [1.165, 1.54) is 6.07 Å². The molecule has 6 heteroatoms. The van der Waals surface area contributed by atoms with Crippen molar-refractivity contribution in [1.82, 2.24) is 0 Å². The van der Waals surface area contributed by atoms with E-state index in [4.69, 9.17) is 4.74 Å². The van der Waals surface area contributed by atoms with Crippen molar-refractivity contribution >= 4 is 21.9 Å². The molecule has 0 fully saturated rings. The maximum absolute atomic E-state index is 12.6. The third-order valence-electron chi connectivity index (χ3n) is 2.51. The Labute approximate surface area is 118 Å². The number of benzene rings is 1. The van der Waals surface area contributed by atoms with Gasteiger partial charge in [0.25, 0.3) is 0 Å². The molecule has 1 aromatic carbocycles. The number of hydrogen-bond acceptors (Lipinski definition) is 2. The van der Waals surface area contributed by atoms with Crippen LogP contribution in [0.5, 0.6) is 0 Å². The predicted octanol–water partition coefficient (Wildman–Crippen LogP) is 4.21. The molecule has 0 atom stereocenters. The highest BCUT2D eigenvalue weighted by Gasteiger charge is 2.31. The minimum absolute atomic E-state index is 0.192. The van der Waals surface area contributed by atoms with Crippen molar-refractivity contribution in [3.05, 3.63) is 34.9 Å². The van der Waals surface area contributed by atoms with Gasteiger partial charge in [0.2, 0.25) is 0 Å². The Bertz CT molecular complexity index is 444. The topological polar surface area (TPSA) is 26.3 Å². The summed E-state index contributed by atoms with van der Waals surface area (Å²) < 4.78 is 42.8. The number of carbonyl (C=O) groups excluding carboxylic acids is 1. The standard InChI is InChI=1S/C13H14BrF3O2/c1-2-19-12(18)11-6-5-10(13(15,16)17)8-9(11)4-3-7-14/h5-6,8H,2-4,7H2,1H3. The molecule has 0 heterocycles. The molecule has 0 aromatic heterocycles. The van der Waals surface area contributed by atoms with E-state index in [9.17, 15) is 18.0 Å². The molecule has 0 amide bonds. The minimum atomic E-state index is -4.41. The highest BCUT2D eigenvalue weighted by Crippen LogP contribution is 2.31. The van der Waals surface area contributed by atoms with E-state index in [0.29, 0.717) is 23.7 Å². The summed E-state index contributed by atoms with van der Waals surface area (Å²) in [4.78, 5) is 11.7. The molecule has 1 rings (SSSR count). The van der Waals surface area contributed by atoms with E-state index >= 15 is 0 Å². The first-order chi connectivity index (χ1) is 8.90. The lowest BCUT2D eigenvalue weighted by Crippen LogP contribution is -2.12. The lowest BCUT2D eigenvalue weighted by atomic mass is 10.00. The SMILES string of the molecule is CCOC(=O)c1ccc(C(F)(F)F)cc1CCCBr. The smallest absolute Gasteiger partial charge is 0.416 e. The summed E-state index contributed by atoms with van der Waals surface area (Å²) in [6.07, 6.45) is -3.37. The summed E-state index contributed by atoms with van der Waals surface area (Å²) in [6, 6.07) is 3.11.